The lowest BCUT2D eigenvalue weighted by Gasteiger charge is -2.33. The van der Waals surface area contributed by atoms with E-state index < -0.39 is 35.4 Å². The molecule has 1 amide bonds. The quantitative estimate of drug-likeness (QED) is 0.428. The van der Waals surface area contributed by atoms with E-state index in [-0.39, 0.29) is 39.4 Å². The lowest BCUT2D eigenvalue weighted by molar-refractivity contribution is -0.376. The van der Waals surface area contributed by atoms with E-state index in [9.17, 15) is 41.0 Å². The van der Waals surface area contributed by atoms with E-state index in [0.717, 1.165) is 30.2 Å². The zero-order valence-corrected chi connectivity index (χ0v) is 19.7. The summed E-state index contributed by atoms with van der Waals surface area (Å²) in [4.78, 5) is 31.2. The van der Waals surface area contributed by atoms with Crippen molar-refractivity contribution in [1.29, 1.82) is 0 Å². The van der Waals surface area contributed by atoms with Gasteiger partial charge in [0.05, 0.1) is 11.5 Å². The average molecular weight is 524 g/mol. The maximum absolute atomic E-state index is 13.3. The third-order valence-electron chi connectivity index (χ3n) is 5.80. The Balaban J connectivity index is 2.15. The van der Waals surface area contributed by atoms with Crippen LogP contribution in [0.3, 0.4) is 0 Å². The van der Waals surface area contributed by atoms with Gasteiger partial charge in [0.1, 0.15) is 5.69 Å². The topological polar surface area (TPSA) is 79.7 Å². The van der Waals surface area contributed by atoms with Crippen molar-refractivity contribution in [3.05, 3.63) is 40.0 Å². The lowest BCUT2D eigenvalue weighted by atomic mass is 9.89. The summed E-state index contributed by atoms with van der Waals surface area (Å²) < 4.78 is 84.8. The minimum absolute atomic E-state index is 0.0291. The molecule has 0 bridgehead atoms. The second-order valence-corrected chi connectivity index (χ2v) is 9.14. The SMILES string of the molecule is CCOC(=O)c1nc(C(=O)N2CCC[C@@H]2C)c(-c2ccc(C(O)(C(F)(F)F)C(F)(F)F)cc2C)s1. The Hall–Kier alpha value is -2.67. The van der Waals surface area contributed by atoms with E-state index in [2.05, 4.69) is 4.98 Å². The van der Waals surface area contributed by atoms with E-state index in [4.69, 9.17) is 4.74 Å². The van der Waals surface area contributed by atoms with Gasteiger partial charge in [-0.3, -0.25) is 4.79 Å². The van der Waals surface area contributed by atoms with Gasteiger partial charge in [-0.2, -0.15) is 26.3 Å². The first-order valence-electron chi connectivity index (χ1n) is 10.6. The number of hydrogen-bond donors (Lipinski definition) is 1. The van der Waals surface area contributed by atoms with Crippen LogP contribution in [0.1, 0.15) is 58.1 Å². The maximum Gasteiger partial charge on any atom is 0.430 e. The number of carbonyl (C=O) groups excluding carboxylic acids is 2. The Morgan fingerprint density at radius 1 is 1.20 bits per heavy atom. The Labute approximate surface area is 200 Å². The van der Waals surface area contributed by atoms with Gasteiger partial charge in [0.25, 0.3) is 11.5 Å². The van der Waals surface area contributed by atoms with Crippen molar-refractivity contribution in [2.24, 2.45) is 0 Å². The van der Waals surface area contributed by atoms with Crippen molar-refractivity contribution in [2.45, 2.75) is 57.6 Å². The van der Waals surface area contributed by atoms with Crippen molar-refractivity contribution < 1.29 is 45.8 Å². The van der Waals surface area contributed by atoms with Gasteiger partial charge in [0.2, 0.25) is 5.01 Å². The van der Waals surface area contributed by atoms with Crippen molar-refractivity contribution >= 4 is 23.2 Å². The number of thiazole rings is 1. The first-order chi connectivity index (χ1) is 16.1. The van der Waals surface area contributed by atoms with Crippen LogP contribution in [0.15, 0.2) is 18.2 Å². The molecule has 13 heteroatoms. The molecule has 1 atom stereocenters. The van der Waals surface area contributed by atoms with Crippen molar-refractivity contribution in [1.82, 2.24) is 9.88 Å². The van der Waals surface area contributed by atoms with Gasteiger partial charge in [-0.05, 0) is 44.7 Å². The molecular weight excluding hydrogens is 502 g/mol. The molecule has 0 unspecified atom stereocenters. The fourth-order valence-corrected chi connectivity index (χ4v) is 4.97. The molecular formula is C22H22F6N2O4S. The number of aromatic nitrogens is 1. The van der Waals surface area contributed by atoms with E-state index in [0.29, 0.717) is 18.7 Å². The number of halogens is 6. The standard InChI is InChI=1S/C22H22F6N2O4S/c1-4-34-19(32)17-29-15(18(31)30-9-5-6-12(30)3)16(35-17)14-8-7-13(10-11(14)2)20(33,21(23,24)25)22(26,27)28/h7-8,10,12,33H,4-6,9H2,1-3H3/t12-/m0/s1. The van der Waals surface area contributed by atoms with Crippen molar-refractivity contribution in [3.8, 4) is 10.4 Å². The van der Waals surface area contributed by atoms with Crippen LogP contribution in [0, 0.1) is 6.92 Å². The molecule has 6 nitrogen and oxygen atoms in total. The van der Waals surface area contributed by atoms with Gasteiger partial charge >= 0.3 is 18.3 Å². The smallest absolute Gasteiger partial charge is 0.430 e. The minimum Gasteiger partial charge on any atom is -0.461 e. The van der Waals surface area contributed by atoms with Crippen LogP contribution in [0.5, 0.6) is 0 Å². The first kappa shape index (κ1) is 26.9. The summed E-state index contributed by atoms with van der Waals surface area (Å²) in [5, 5.41) is 9.53. The number of alkyl halides is 6. The molecule has 35 heavy (non-hydrogen) atoms. The summed E-state index contributed by atoms with van der Waals surface area (Å²) in [6.07, 6.45) is -10.6. The second-order valence-electron chi connectivity index (χ2n) is 8.14. The fourth-order valence-electron chi connectivity index (χ4n) is 3.93. The highest BCUT2D eigenvalue weighted by atomic mass is 32.1. The molecule has 0 saturated carbocycles. The molecule has 1 fully saturated rings. The number of rotatable bonds is 5. The molecule has 0 radical (unpaired) electrons. The normalized spacial score (nSPS) is 17.1. The highest BCUT2D eigenvalue weighted by Crippen LogP contribution is 2.50. The lowest BCUT2D eigenvalue weighted by Crippen LogP contribution is -2.53. The van der Waals surface area contributed by atoms with Gasteiger partial charge < -0.3 is 14.7 Å². The predicted molar refractivity (Wildman–Crippen MR) is 114 cm³/mol. The van der Waals surface area contributed by atoms with E-state index >= 15 is 0 Å². The highest BCUT2D eigenvalue weighted by Gasteiger charge is 2.71. The van der Waals surface area contributed by atoms with Crippen LogP contribution >= 0.6 is 11.3 Å². The molecule has 2 heterocycles. The molecule has 1 aliphatic rings. The van der Waals surface area contributed by atoms with E-state index in [1.165, 1.54) is 6.92 Å². The monoisotopic (exact) mass is 524 g/mol. The molecule has 1 saturated heterocycles. The van der Waals surface area contributed by atoms with Crippen LogP contribution in [0.2, 0.25) is 0 Å². The van der Waals surface area contributed by atoms with Gasteiger partial charge in [0, 0.05) is 18.2 Å². The Bertz CT molecular complexity index is 1110. The van der Waals surface area contributed by atoms with Crippen molar-refractivity contribution in [3.63, 3.8) is 0 Å². The number of likely N-dealkylation sites (tertiary alicyclic amines) is 1. The summed E-state index contributed by atoms with van der Waals surface area (Å²) in [6.45, 7) is 5.10. The molecule has 1 aromatic heterocycles. The van der Waals surface area contributed by atoms with Crippen LogP contribution in [0.4, 0.5) is 26.3 Å². The number of esters is 1. The Morgan fingerprint density at radius 3 is 2.31 bits per heavy atom. The van der Waals surface area contributed by atoms with E-state index in [1.807, 2.05) is 6.92 Å². The molecule has 1 aliphatic heterocycles. The number of hydrogen-bond acceptors (Lipinski definition) is 6. The number of ether oxygens (including phenoxy) is 1. The summed E-state index contributed by atoms with van der Waals surface area (Å²) in [6, 6.07) is 1.90. The average Bonchev–Trinajstić information content (AvgIpc) is 3.38. The second kappa shape index (κ2) is 9.41. The maximum atomic E-state index is 13.3. The van der Waals surface area contributed by atoms with Crippen LogP contribution in [-0.2, 0) is 10.3 Å². The zero-order chi connectivity index (χ0) is 26.3. The Kier molecular flexibility index (Phi) is 7.24. The Morgan fingerprint density at radius 2 is 1.83 bits per heavy atom. The number of carbonyl (C=O) groups is 2. The van der Waals surface area contributed by atoms with Gasteiger partial charge in [-0.25, -0.2) is 9.78 Å². The minimum atomic E-state index is -6.03. The zero-order valence-electron chi connectivity index (χ0n) is 18.9. The number of aliphatic hydroxyl groups is 1. The van der Waals surface area contributed by atoms with E-state index in [1.54, 1.807) is 11.8 Å². The summed E-state index contributed by atoms with van der Waals surface area (Å²) in [5.74, 6) is -1.33. The fraction of sp³-hybridized carbons (Fsp3) is 0.500. The number of amides is 1. The summed E-state index contributed by atoms with van der Waals surface area (Å²) >= 11 is 0.748. The molecule has 3 rings (SSSR count). The van der Waals surface area contributed by atoms with Crippen LogP contribution in [-0.4, -0.2) is 58.4 Å². The molecule has 192 valence electrons. The summed E-state index contributed by atoms with van der Waals surface area (Å²) in [7, 11) is 0. The van der Waals surface area contributed by atoms with Crippen molar-refractivity contribution in [2.75, 3.05) is 13.2 Å². The molecule has 1 N–H and O–H groups in total. The predicted octanol–water partition coefficient (Wildman–Crippen LogP) is 5.23. The molecule has 1 aromatic carbocycles. The van der Waals surface area contributed by atoms with Crippen LogP contribution < -0.4 is 0 Å². The third kappa shape index (κ3) is 4.75. The highest BCUT2D eigenvalue weighted by molar-refractivity contribution is 7.17. The largest absolute Gasteiger partial charge is 0.461 e. The number of aryl methyl sites for hydroxylation is 1. The molecule has 0 spiro atoms. The summed E-state index contributed by atoms with van der Waals surface area (Å²) in [5.41, 5.74) is -6.64. The number of benzene rings is 1. The molecule has 2 aromatic rings. The number of nitrogens with zero attached hydrogens (tertiary/aromatic N) is 2. The van der Waals surface area contributed by atoms with Gasteiger partial charge in [-0.1, -0.05) is 18.2 Å². The molecule has 0 aliphatic carbocycles. The van der Waals surface area contributed by atoms with Crippen LogP contribution in [0.25, 0.3) is 10.4 Å². The van der Waals surface area contributed by atoms with Gasteiger partial charge in [0.15, 0.2) is 0 Å². The van der Waals surface area contributed by atoms with Gasteiger partial charge in [-0.15, -0.1) is 11.3 Å². The third-order valence-corrected chi connectivity index (χ3v) is 6.87. The first-order valence-corrected chi connectivity index (χ1v) is 11.4.